The van der Waals surface area contributed by atoms with Crippen molar-refractivity contribution < 1.29 is 5.11 Å². The number of hydrogen-bond donors (Lipinski definition) is 2. The second kappa shape index (κ2) is 5.46. The fraction of sp³-hybridized carbons (Fsp3) is 0. The van der Waals surface area contributed by atoms with Crippen LogP contribution in [0.4, 0.5) is 11.4 Å². The molecule has 3 nitrogen and oxygen atoms in total. The second-order valence-electron chi connectivity index (χ2n) is 4.68. The van der Waals surface area contributed by atoms with Gasteiger partial charge >= 0.3 is 0 Å². The van der Waals surface area contributed by atoms with E-state index in [2.05, 4.69) is 4.99 Å². The minimum Gasteiger partial charge on any atom is -0.507 e. The van der Waals surface area contributed by atoms with E-state index in [1.807, 2.05) is 30.3 Å². The van der Waals surface area contributed by atoms with Crippen LogP contribution in [0.3, 0.4) is 0 Å². The predicted octanol–water partition coefficient (Wildman–Crippen LogP) is 4.53. The molecule has 0 saturated heterocycles. The van der Waals surface area contributed by atoms with Crippen LogP contribution in [0.25, 0.3) is 10.8 Å². The molecule has 21 heavy (non-hydrogen) atoms. The van der Waals surface area contributed by atoms with Gasteiger partial charge in [-0.2, -0.15) is 0 Å². The first-order chi connectivity index (χ1) is 10.1. The fourth-order valence-corrected chi connectivity index (χ4v) is 2.33. The van der Waals surface area contributed by atoms with Crippen LogP contribution in [0.2, 0.25) is 5.02 Å². The smallest absolute Gasteiger partial charge is 0.124 e. The van der Waals surface area contributed by atoms with Gasteiger partial charge < -0.3 is 10.8 Å². The van der Waals surface area contributed by atoms with Crippen molar-refractivity contribution in [1.82, 2.24) is 0 Å². The number of benzene rings is 3. The average molecular weight is 297 g/mol. The van der Waals surface area contributed by atoms with Crippen LogP contribution < -0.4 is 5.73 Å². The topological polar surface area (TPSA) is 58.6 Å². The molecular weight excluding hydrogens is 284 g/mol. The molecule has 0 fully saturated rings. The Bertz CT molecular complexity index is 843. The number of hydrogen-bond acceptors (Lipinski definition) is 3. The lowest BCUT2D eigenvalue weighted by molar-refractivity contribution is 0.475. The zero-order chi connectivity index (χ0) is 14.8. The van der Waals surface area contributed by atoms with Crippen molar-refractivity contribution in [1.29, 1.82) is 0 Å². The van der Waals surface area contributed by atoms with E-state index in [1.165, 1.54) is 0 Å². The zero-order valence-electron chi connectivity index (χ0n) is 11.1. The molecule has 3 aromatic rings. The molecule has 0 unspecified atom stereocenters. The van der Waals surface area contributed by atoms with Gasteiger partial charge in [-0.1, -0.05) is 41.9 Å². The summed E-state index contributed by atoms with van der Waals surface area (Å²) in [4.78, 5) is 4.36. The van der Waals surface area contributed by atoms with Crippen LogP contribution in [0.15, 0.2) is 59.6 Å². The summed E-state index contributed by atoms with van der Waals surface area (Å²) < 4.78 is 0. The number of nitrogens with zero attached hydrogens (tertiary/aromatic N) is 1. The number of nitrogen functional groups attached to an aromatic ring is 1. The van der Waals surface area contributed by atoms with Gasteiger partial charge in [0.15, 0.2) is 0 Å². The van der Waals surface area contributed by atoms with E-state index in [9.17, 15) is 5.11 Å². The number of nitrogens with two attached hydrogens (primary N) is 1. The van der Waals surface area contributed by atoms with Gasteiger partial charge in [0.05, 0.1) is 16.4 Å². The number of rotatable bonds is 2. The van der Waals surface area contributed by atoms with Crippen LogP contribution in [-0.4, -0.2) is 11.3 Å². The Labute approximate surface area is 127 Å². The molecule has 0 aliphatic heterocycles. The maximum atomic E-state index is 10.0. The molecular formula is C17H13ClN2O. The summed E-state index contributed by atoms with van der Waals surface area (Å²) in [6.07, 6.45) is 1.64. The first kappa shape index (κ1) is 13.5. The number of phenols is 1. The summed E-state index contributed by atoms with van der Waals surface area (Å²) in [6.45, 7) is 0. The highest BCUT2D eigenvalue weighted by molar-refractivity contribution is 6.33. The summed E-state index contributed by atoms with van der Waals surface area (Å²) in [5.41, 5.74) is 7.55. The molecule has 3 aromatic carbocycles. The molecule has 0 atom stereocenters. The van der Waals surface area contributed by atoms with Crippen LogP contribution in [0.5, 0.6) is 5.75 Å². The molecule has 0 heterocycles. The third-order valence-corrected chi connectivity index (χ3v) is 3.60. The molecule has 104 valence electrons. The molecule has 4 heteroatoms. The van der Waals surface area contributed by atoms with Gasteiger partial charge in [-0.05, 0) is 35.0 Å². The number of fused-ring (bicyclic) bond motifs is 1. The molecule has 0 radical (unpaired) electrons. The molecule has 0 spiro atoms. The van der Waals surface area contributed by atoms with Gasteiger partial charge in [0, 0.05) is 11.8 Å². The maximum Gasteiger partial charge on any atom is 0.124 e. The molecule has 0 aromatic heterocycles. The highest BCUT2D eigenvalue weighted by Gasteiger charge is 2.04. The minimum absolute atomic E-state index is 0.194. The van der Waals surface area contributed by atoms with Crippen molar-refractivity contribution in [2.24, 2.45) is 4.99 Å². The van der Waals surface area contributed by atoms with E-state index in [0.29, 0.717) is 22.0 Å². The van der Waals surface area contributed by atoms with Crippen molar-refractivity contribution in [3.63, 3.8) is 0 Å². The van der Waals surface area contributed by atoms with Crippen molar-refractivity contribution >= 4 is 40.0 Å². The number of aromatic hydroxyl groups is 1. The van der Waals surface area contributed by atoms with E-state index in [0.717, 1.165) is 10.8 Å². The van der Waals surface area contributed by atoms with E-state index < -0.39 is 0 Å². The lowest BCUT2D eigenvalue weighted by Crippen LogP contribution is -1.87. The van der Waals surface area contributed by atoms with Gasteiger partial charge in [0.25, 0.3) is 0 Å². The third kappa shape index (κ3) is 2.69. The number of aliphatic imine (C=N–C) groups is 1. The van der Waals surface area contributed by atoms with Crippen molar-refractivity contribution in [3.05, 3.63) is 65.2 Å². The molecule has 0 bridgehead atoms. The first-order valence-electron chi connectivity index (χ1n) is 6.45. The molecule has 0 aliphatic rings. The lowest BCUT2D eigenvalue weighted by Gasteiger charge is -2.05. The van der Waals surface area contributed by atoms with Crippen LogP contribution in [-0.2, 0) is 0 Å². The SMILES string of the molecule is Nc1ccc(N=Cc2c(O)ccc3ccccc23)cc1Cl. The van der Waals surface area contributed by atoms with Crippen molar-refractivity contribution in [2.45, 2.75) is 0 Å². The maximum absolute atomic E-state index is 10.0. The van der Waals surface area contributed by atoms with Crippen molar-refractivity contribution in [2.75, 3.05) is 5.73 Å². The van der Waals surface area contributed by atoms with Gasteiger partial charge in [0.2, 0.25) is 0 Å². The van der Waals surface area contributed by atoms with Crippen LogP contribution in [0.1, 0.15) is 5.56 Å². The molecule has 0 aliphatic carbocycles. The predicted molar refractivity (Wildman–Crippen MR) is 88.7 cm³/mol. The summed E-state index contributed by atoms with van der Waals surface area (Å²) in [6, 6.07) is 16.5. The van der Waals surface area contributed by atoms with Crippen LogP contribution in [0, 0.1) is 0 Å². The summed E-state index contributed by atoms with van der Waals surface area (Å²) >= 11 is 5.97. The van der Waals surface area contributed by atoms with Crippen molar-refractivity contribution in [3.8, 4) is 5.75 Å². The summed E-state index contributed by atoms with van der Waals surface area (Å²) in [5.74, 6) is 0.194. The van der Waals surface area contributed by atoms with E-state index >= 15 is 0 Å². The van der Waals surface area contributed by atoms with E-state index in [1.54, 1.807) is 30.5 Å². The Balaban J connectivity index is 2.06. The standard InChI is InChI=1S/C17H13ClN2O/c18-15-9-12(6-7-16(15)19)20-10-14-13-4-2-1-3-11(13)5-8-17(14)21/h1-10,21H,19H2. The Morgan fingerprint density at radius 2 is 1.86 bits per heavy atom. The molecule has 0 amide bonds. The molecule has 3 rings (SSSR count). The lowest BCUT2D eigenvalue weighted by atomic mass is 10.0. The van der Waals surface area contributed by atoms with Gasteiger partial charge in [-0.25, -0.2) is 0 Å². The minimum atomic E-state index is 0.194. The highest BCUT2D eigenvalue weighted by atomic mass is 35.5. The zero-order valence-corrected chi connectivity index (χ0v) is 11.9. The third-order valence-electron chi connectivity index (χ3n) is 3.27. The monoisotopic (exact) mass is 296 g/mol. The Morgan fingerprint density at radius 1 is 1.05 bits per heavy atom. The Kier molecular flexibility index (Phi) is 3.50. The highest BCUT2D eigenvalue weighted by Crippen LogP contribution is 2.28. The first-order valence-corrected chi connectivity index (χ1v) is 6.83. The van der Waals surface area contributed by atoms with E-state index in [4.69, 9.17) is 17.3 Å². The van der Waals surface area contributed by atoms with Gasteiger partial charge in [-0.3, -0.25) is 4.99 Å². The number of anilines is 1. The normalized spacial score (nSPS) is 11.3. The fourth-order valence-electron chi connectivity index (χ4n) is 2.16. The average Bonchev–Trinajstić information content (AvgIpc) is 2.50. The number of phenolic OH excluding ortho intramolecular Hbond substituents is 1. The summed E-state index contributed by atoms with van der Waals surface area (Å²) in [5, 5.41) is 12.5. The number of halogens is 1. The largest absolute Gasteiger partial charge is 0.507 e. The van der Waals surface area contributed by atoms with E-state index in [-0.39, 0.29) is 5.75 Å². The quantitative estimate of drug-likeness (QED) is 0.539. The molecule has 0 saturated carbocycles. The van der Waals surface area contributed by atoms with Gasteiger partial charge in [-0.15, -0.1) is 0 Å². The van der Waals surface area contributed by atoms with Gasteiger partial charge in [0.1, 0.15) is 5.75 Å². The second-order valence-corrected chi connectivity index (χ2v) is 5.09. The Morgan fingerprint density at radius 3 is 2.67 bits per heavy atom. The Hall–Kier alpha value is -2.52. The molecule has 3 N–H and O–H groups in total. The summed E-state index contributed by atoms with van der Waals surface area (Å²) in [7, 11) is 0. The van der Waals surface area contributed by atoms with Crippen LogP contribution >= 0.6 is 11.6 Å².